The monoisotopic (exact) mass is 220 g/mol. The van der Waals surface area contributed by atoms with Crippen LogP contribution in [-0.2, 0) is 6.54 Å². The number of piperazine rings is 1. The van der Waals surface area contributed by atoms with E-state index in [0.717, 1.165) is 38.4 Å². The third-order valence-corrected chi connectivity index (χ3v) is 3.05. The molecule has 1 aliphatic heterocycles. The topological polar surface area (TPSA) is 44.5 Å². The van der Waals surface area contributed by atoms with E-state index in [1.807, 2.05) is 18.2 Å². The van der Waals surface area contributed by atoms with E-state index in [-0.39, 0.29) is 0 Å². The van der Waals surface area contributed by atoms with Crippen molar-refractivity contribution in [2.24, 2.45) is 0 Å². The Bertz CT molecular complexity index is 332. The highest BCUT2D eigenvalue weighted by atomic mass is 15.5. The van der Waals surface area contributed by atoms with Crippen molar-refractivity contribution in [1.82, 2.24) is 15.3 Å². The van der Waals surface area contributed by atoms with Gasteiger partial charge in [-0.15, -0.1) is 0 Å². The summed E-state index contributed by atoms with van der Waals surface area (Å²) in [6.07, 6.45) is 0. The third-order valence-electron chi connectivity index (χ3n) is 3.05. The van der Waals surface area contributed by atoms with Crippen molar-refractivity contribution in [3.05, 3.63) is 29.8 Å². The predicted octanol–water partition coefficient (Wildman–Crippen LogP) is 0.521. The van der Waals surface area contributed by atoms with Gasteiger partial charge in [0.05, 0.1) is 0 Å². The minimum atomic E-state index is 0.816. The molecule has 4 nitrogen and oxygen atoms in total. The molecule has 16 heavy (non-hydrogen) atoms. The van der Waals surface area contributed by atoms with E-state index in [0.29, 0.717) is 0 Å². The Labute approximate surface area is 97.0 Å². The second-order valence-corrected chi connectivity index (χ2v) is 4.32. The smallest absolute Gasteiger partial charge is 0.0373 e. The second-order valence-electron chi connectivity index (χ2n) is 4.32. The fourth-order valence-corrected chi connectivity index (χ4v) is 1.86. The molecule has 0 unspecified atom stereocenters. The molecule has 0 aromatic heterocycles. The molecule has 0 atom stereocenters. The zero-order valence-electron chi connectivity index (χ0n) is 9.82. The zero-order chi connectivity index (χ0) is 11.4. The van der Waals surface area contributed by atoms with Gasteiger partial charge in [-0.05, 0) is 18.7 Å². The molecule has 4 heteroatoms. The maximum Gasteiger partial charge on any atom is 0.0373 e. The van der Waals surface area contributed by atoms with Crippen molar-refractivity contribution >= 4 is 5.69 Å². The zero-order valence-corrected chi connectivity index (χ0v) is 9.82. The van der Waals surface area contributed by atoms with Crippen molar-refractivity contribution in [2.75, 3.05) is 39.0 Å². The fraction of sp³-hybridized carbons (Fsp3) is 0.500. The van der Waals surface area contributed by atoms with Crippen LogP contribution in [-0.4, -0.2) is 43.1 Å². The number of nitrogens with two attached hydrogens (primary N) is 1. The van der Waals surface area contributed by atoms with Crippen LogP contribution >= 0.6 is 0 Å². The van der Waals surface area contributed by atoms with E-state index < -0.39 is 0 Å². The van der Waals surface area contributed by atoms with Gasteiger partial charge in [0, 0.05) is 38.4 Å². The highest BCUT2D eigenvalue weighted by molar-refractivity contribution is 5.46. The van der Waals surface area contributed by atoms with Crippen molar-refractivity contribution < 1.29 is 0 Å². The molecule has 1 fully saturated rings. The number of hydrazine groups is 1. The first-order valence-corrected chi connectivity index (χ1v) is 5.76. The van der Waals surface area contributed by atoms with Gasteiger partial charge >= 0.3 is 0 Å². The van der Waals surface area contributed by atoms with Crippen LogP contribution in [0.1, 0.15) is 5.56 Å². The SMILES string of the molecule is CN1CCN(NCc2ccccc2N)CC1. The molecular weight excluding hydrogens is 200 g/mol. The van der Waals surface area contributed by atoms with Gasteiger partial charge in [0.25, 0.3) is 0 Å². The Hall–Kier alpha value is -1.10. The van der Waals surface area contributed by atoms with E-state index in [1.54, 1.807) is 0 Å². The number of hydrogen-bond acceptors (Lipinski definition) is 4. The molecule has 2 rings (SSSR count). The van der Waals surface area contributed by atoms with Crippen LogP contribution < -0.4 is 11.2 Å². The van der Waals surface area contributed by atoms with E-state index in [2.05, 4.69) is 28.4 Å². The van der Waals surface area contributed by atoms with E-state index in [1.165, 1.54) is 5.56 Å². The molecule has 0 saturated carbocycles. The van der Waals surface area contributed by atoms with Gasteiger partial charge in [-0.25, -0.2) is 5.01 Å². The van der Waals surface area contributed by atoms with E-state index in [4.69, 9.17) is 5.73 Å². The third kappa shape index (κ3) is 2.95. The maximum absolute atomic E-state index is 5.89. The standard InChI is InChI=1S/C12H20N4/c1-15-6-8-16(9-7-15)14-10-11-4-2-3-5-12(11)13/h2-5,14H,6-10,13H2,1H3. The lowest BCUT2D eigenvalue weighted by Crippen LogP contribution is -2.50. The number of hydrogen-bond donors (Lipinski definition) is 2. The summed E-state index contributed by atoms with van der Waals surface area (Å²) >= 11 is 0. The van der Waals surface area contributed by atoms with Gasteiger partial charge in [-0.2, -0.15) is 0 Å². The summed E-state index contributed by atoms with van der Waals surface area (Å²) in [7, 11) is 2.16. The molecule has 1 aromatic rings. The van der Waals surface area contributed by atoms with Crippen molar-refractivity contribution in [2.45, 2.75) is 6.54 Å². The quantitative estimate of drug-likeness (QED) is 0.729. The van der Waals surface area contributed by atoms with Crippen molar-refractivity contribution in [1.29, 1.82) is 0 Å². The molecular formula is C12H20N4. The van der Waals surface area contributed by atoms with Crippen LogP contribution in [0.4, 0.5) is 5.69 Å². The lowest BCUT2D eigenvalue weighted by atomic mass is 10.2. The molecule has 88 valence electrons. The summed E-state index contributed by atoms with van der Waals surface area (Å²) in [4.78, 5) is 2.34. The number of anilines is 1. The first-order chi connectivity index (χ1) is 7.75. The highest BCUT2D eigenvalue weighted by Crippen LogP contribution is 2.10. The predicted molar refractivity (Wildman–Crippen MR) is 66.8 cm³/mol. The number of nitrogens with zero attached hydrogens (tertiary/aromatic N) is 2. The minimum absolute atomic E-state index is 0.816. The highest BCUT2D eigenvalue weighted by Gasteiger charge is 2.12. The summed E-state index contributed by atoms with van der Waals surface area (Å²) in [5.41, 5.74) is 11.4. The molecule has 1 aliphatic rings. The summed E-state index contributed by atoms with van der Waals surface area (Å²) in [5.74, 6) is 0. The molecule has 1 heterocycles. The maximum atomic E-state index is 5.89. The number of rotatable bonds is 3. The van der Waals surface area contributed by atoms with Crippen LogP contribution in [0.5, 0.6) is 0 Å². The summed E-state index contributed by atoms with van der Waals surface area (Å²) in [6.45, 7) is 5.21. The summed E-state index contributed by atoms with van der Waals surface area (Å²) < 4.78 is 0. The number of nitrogen functional groups attached to an aromatic ring is 1. The molecule has 3 N–H and O–H groups in total. The van der Waals surface area contributed by atoms with Crippen LogP contribution in [0.15, 0.2) is 24.3 Å². The van der Waals surface area contributed by atoms with Gasteiger partial charge in [0.1, 0.15) is 0 Å². The van der Waals surface area contributed by atoms with Crippen molar-refractivity contribution in [3.63, 3.8) is 0 Å². The number of para-hydroxylation sites is 1. The first kappa shape index (κ1) is 11.4. The Morgan fingerprint density at radius 3 is 2.56 bits per heavy atom. The normalized spacial score (nSPS) is 18.8. The Kier molecular flexibility index (Phi) is 3.77. The lowest BCUT2D eigenvalue weighted by Gasteiger charge is -2.32. The number of likely N-dealkylation sites (N-methyl/N-ethyl adjacent to an activating group) is 1. The molecule has 1 aromatic carbocycles. The minimum Gasteiger partial charge on any atom is -0.398 e. The Morgan fingerprint density at radius 2 is 1.88 bits per heavy atom. The van der Waals surface area contributed by atoms with Gasteiger partial charge in [-0.1, -0.05) is 18.2 Å². The first-order valence-electron chi connectivity index (χ1n) is 5.76. The van der Waals surface area contributed by atoms with Crippen molar-refractivity contribution in [3.8, 4) is 0 Å². The van der Waals surface area contributed by atoms with Crippen LogP contribution in [0, 0.1) is 0 Å². The van der Waals surface area contributed by atoms with Gasteiger partial charge < -0.3 is 10.6 Å². The molecule has 0 amide bonds. The number of nitrogens with one attached hydrogen (secondary N) is 1. The molecule has 1 saturated heterocycles. The lowest BCUT2D eigenvalue weighted by molar-refractivity contribution is 0.102. The second kappa shape index (κ2) is 5.30. The van der Waals surface area contributed by atoms with E-state index in [9.17, 15) is 0 Å². The fourth-order valence-electron chi connectivity index (χ4n) is 1.86. The largest absolute Gasteiger partial charge is 0.398 e. The van der Waals surface area contributed by atoms with E-state index >= 15 is 0 Å². The molecule has 0 spiro atoms. The van der Waals surface area contributed by atoms with Gasteiger partial charge in [0.2, 0.25) is 0 Å². The van der Waals surface area contributed by atoms with Crippen LogP contribution in [0.3, 0.4) is 0 Å². The van der Waals surface area contributed by atoms with Crippen LogP contribution in [0.2, 0.25) is 0 Å². The van der Waals surface area contributed by atoms with Gasteiger partial charge in [-0.3, -0.25) is 5.43 Å². The van der Waals surface area contributed by atoms with Gasteiger partial charge in [0.15, 0.2) is 0 Å². The molecule has 0 bridgehead atoms. The Morgan fingerprint density at radius 1 is 1.19 bits per heavy atom. The molecule has 0 radical (unpaired) electrons. The average molecular weight is 220 g/mol. The average Bonchev–Trinajstić information content (AvgIpc) is 2.30. The molecule has 0 aliphatic carbocycles. The summed E-state index contributed by atoms with van der Waals surface area (Å²) in [5, 5.41) is 2.27. The summed E-state index contributed by atoms with van der Waals surface area (Å²) in [6, 6.07) is 8.01. The van der Waals surface area contributed by atoms with Crippen LogP contribution in [0.25, 0.3) is 0 Å². The number of benzene rings is 1. The Balaban J connectivity index is 1.81.